The molecule has 0 aliphatic carbocycles. The Labute approximate surface area is 159 Å². The van der Waals surface area contributed by atoms with Crippen LogP contribution < -0.4 is 4.90 Å². The molecular formula is C22H22N4O. The highest BCUT2D eigenvalue weighted by Gasteiger charge is 2.22. The summed E-state index contributed by atoms with van der Waals surface area (Å²) in [5.74, 6) is 0.685. The molecule has 136 valence electrons. The van der Waals surface area contributed by atoms with Crippen LogP contribution in [-0.4, -0.2) is 33.9 Å². The standard InChI is InChI=1S/C22H22N4O/c1-2-25(16-17-8-4-3-5-9-17)22(27)19-14-24-21(15-23-19)26-13-12-18-10-6-7-11-20(18)26/h3-11,14-15H,2,12-13,16H2,1H3. The zero-order chi connectivity index (χ0) is 18.6. The Bertz CT molecular complexity index is 925. The number of carbonyl (C=O) groups is 1. The number of amides is 1. The molecule has 1 amide bonds. The molecule has 0 unspecified atom stereocenters. The molecule has 0 saturated heterocycles. The van der Waals surface area contributed by atoms with Crippen LogP contribution in [0.4, 0.5) is 11.5 Å². The van der Waals surface area contributed by atoms with Crippen molar-refractivity contribution in [1.29, 1.82) is 0 Å². The summed E-state index contributed by atoms with van der Waals surface area (Å²) in [5, 5.41) is 0. The SMILES string of the molecule is CCN(Cc1ccccc1)C(=O)c1cnc(N2CCc3ccccc32)cn1. The molecule has 27 heavy (non-hydrogen) atoms. The number of rotatable bonds is 5. The molecule has 1 aliphatic rings. The summed E-state index contributed by atoms with van der Waals surface area (Å²) < 4.78 is 0. The van der Waals surface area contributed by atoms with Gasteiger partial charge in [-0.3, -0.25) is 4.79 Å². The van der Waals surface area contributed by atoms with Gasteiger partial charge in [-0.25, -0.2) is 9.97 Å². The van der Waals surface area contributed by atoms with E-state index in [0.717, 1.165) is 24.3 Å². The highest BCUT2D eigenvalue weighted by molar-refractivity contribution is 5.92. The van der Waals surface area contributed by atoms with Gasteiger partial charge < -0.3 is 9.80 Å². The molecule has 0 atom stereocenters. The average Bonchev–Trinajstić information content (AvgIpc) is 3.16. The Morgan fingerprint density at radius 3 is 2.56 bits per heavy atom. The fraction of sp³-hybridized carbons (Fsp3) is 0.227. The second-order valence-corrected chi connectivity index (χ2v) is 6.60. The lowest BCUT2D eigenvalue weighted by atomic mass is 10.2. The molecule has 1 aromatic heterocycles. The molecule has 5 heteroatoms. The van der Waals surface area contributed by atoms with Crippen molar-refractivity contribution in [2.75, 3.05) is 18.0 Å². The lowest BCUT2D eigenvalue weighted by Crippen LogP contribution is -2.31. The lowest BCUT2D eigenvalue weighted by molar-refractivity contribution is 0.0746. The number of hydrogen-bond acceptors (Lipinski definition) is 4. The number of aromatic nitrogens is 2. The lowest BCUT2D eigenvalue weighted by Gasteiger charge is -2.21. The summed E-state index contributed by atoms with van der Waals surface area (Å²) in [6.45, 7) is 4.05. The molecular weight excluding hydrogens is 336 g/mol. The molecule has 5 nitrogen and oxygen atoms in total. The van der Waals surface area contributed by atoms with E-state index in [1.165, 1.54) is 11.3 Å². The first kappa shape index (κ1) is 17.2. The van der Waals surface area contributed by atoms with Gasteiger partial charge in [0, 0.05) is 25.3 Å². The van der Waals surface area contributed by atoms with Gasteiger partial charge in [0.1, 0.15) is 5.69 Å². The van der Waals surface area contributed by atoms with Gasteiger partial charge >= 0.3 is 0 Å². The van der Waals surface area contributed by atoms with E-state index in [4.69, 9.17) is 0 Å². The fourth-order valence-corrected chi connectivity index (χ4v) is 3.44. The minimum atomic E-state index is -0.0952. The van der Waals surface area contributed by atoms with E-state index in [9.17, 15) is 4.79 Å². The maximum atomic E-state index is 12.8. The number of benzene rings is 2. The maximum absolute atomic E-state index is 12.8. The van der Waals surface area contributed by atoms with Gasteiger partial charge in [-0.05, 0) is 30.5 Å². The number of anilines is 2. The number of fused-ring (bicyclic) bond motifs is 1. The molecule has 0 radical (unpaired) electrons. The van der Waals surface area contributed by atoms with Crippen LogP contribution in [0.15, 0.2) is 67.0 Å². The van der Waals surface area contributed by atoms with Gasteiger partial charge in [0.05, 0.1) is 12.4 Å². The molecule has 0 bridgehead atoms. The van der Waals surface area contributed by atoms with E-state index in [1.807, 2.05) is 43.3 Å². The van der Waals surface area contributed by atoms with Crippen LogP contribution in [0.1, 0.15) is 28.5 Å². The number of nitrogens with zero attached hydrogens (tertiary/aromatic N) is 4. The number of hydrogen-bond donors (Lipinski definition) is 0. The van der Waals surface area contributed by atoms with Crippen molar-refractivity contribution in [2.24, 2.45) is 0 Å². The highest BCUT2D eigenvalue weighted by atomic mass is 16.2. The Kier molecular flexibility index (Phi) is 4.83. The van der Waals surface area contributed by atoms with E-state index >= 15 is 0 Å². The van der Waals surface area contributed by atoms with Gasteiger partial charge in [-0.1, -0.05) is 48.5 Å². The second kappa shape index (κ2) is 7.58. The fourth-order valence-electron chi connectivity index (χ4n) is 3.44. The monoisotopic (exact) mass is 358 g/mol. The van der Waals surface area contributed by atoms with E-state index in [1.54, 1.807) is 17.3 Å². The largest absolute Gasteiger partial charge is 0.333 e. The third-order valence-corrected chi connectivity index (χ3v) is 4.91. The van der Waals surface area contributed by atoms with Gasteiger partial charge in [-0.15, -0.1) is 0 Å². The molecule has 3 aromatic rings. The first-order chi connectivity index (χ1) is 13.3. The van der Waals surface area contributed by atoms with Gasteiger partial charge in [0.25, 0.3) is 5.91 Å². The second-order valence-electron chi connectivity index (χ2n) is 6.60. The zero-order valence-corrected chi connectivity index (χ0v) is 15.4. The normalized spacial score (nSPS) is 12.7. The van der Waals surface area contributed by atoms with Gasteiger partial charge in [0.15, 0.2) is 5.82 Å². The first-order valence-corrected chi connectivity index (χ1v) is 9.27. The minimum absolute atomic E-state index is 0.0952. The van der Waals surface area contributed by atoms with Crippen LogP contribution in [0.2, 0.25) is 0 Å². The maximum Gasteiger partial charge on any atom is 0.274 e. The molecule has 0 saturated carbocycles. The summed E-state index contributed by atoms with van der Waals surface area (Å²) in [6.07, 6.45) is 4.29. The van der Waals surface area contributed by atoms with E-state index in [0.29, 0.717) is 18.8 Å². The van der Waals surface area contributed by atoms with Crippen LogP contribution in [0.5, 0.6) is 0 Å². The quantitative estimate of drug-likeness (QED) is 0.695. The third-order valence-electron chi connectivity index (χ3n) is 4.91. The van der Waals surface area contributed by atoms with Crippen LogP contribution in [0.25, 0.3) is 0 Å². The van der Waals surface area contributed by atoms with Crippen molar-refractivity contribution in [3.05, 3.63) is 83.8 Å². The Morgan fingerprint density at radius 2 is 1.81 bits per heavy atom. The van der Waals surface area contributed by atoms with Crippen molar-refractivity contribution < 1.29 is 4.79 Å². The van der Waals surface area contributed by atoms with Crippen LogP contribution in [0.3, 0.4) is 0 Å². The zero-order valence-electron chi connectivity index (χ0n) is 15.4. The van der Waals surface area contributed by atoms with E-state index in [2.05, 4.69) is 33.1 Å². The molecule has 1 aliphatic heterocycles. The molecule has 0 fully saturated rings. The van der Waals surface area contributed by atoms with Gasteiger partial charge in [-0.2, -0.15) is 0 Å². The van der Waals surface area contributed by atoms with Crippen molar-refractivity contribution in [3.63, 3.8) is 0 Å². The Morgan fingerprint density at radius 1 is 1.04 bits per heavy atom. The smallest absolute Gasteiger partial charge is 0.274 e. The van der Waals surface area contributed by atoms with Crippen molar-refractivity contribution >= 4 is 17.4 Å². The van der Waals surface area contributed by atoms with Crippen LogP contribution in [-0.2, 0) is 13.0 Å². The molecule has 4 rings (SSSR count). The number of para-hydroxylation sites is 1. The highest BCUT2D eigenvalue weighted by Crippen LogP contribution is 2.32. The summed E-state index contributed by atoms with van der Waals surface area (Å²) in [7, 11) is 0. The Balaban J connectivity index is 1.51. The third kappa shape index (κ3) is 3.53. The summed E-state index contributed by atoms with van der Waals surface area (Å²) in [5.41, 5.74) is 3.97. The van der Waals surface area contributed by atoms with Crippen molar-refractivity contribution in [2.45, 2.75) is 19.9 Å². The number of carbonyl (C=O) groups excluding carboxylic acids is 1. The predicted molar refractivity (Wildman–Crippen MR) is 106 cm³/mol. The molecule has 0 spiro atoms. The van der Waals surface area contributed by atoms with Crippen molar-refractivity contribution in [1.82, 2.24) is 14.9 Å². The van der Waals surface area contributed by atoms with E-state index in [-0.39, 0.29) is 5.91 Å². The first-order valence-electron chi connectivity index (χ1n) is 9.27. The van der Waals surface area contributed by atoms with Crippen LogP contribution >= 0.6 is 0 Å². The predicted octanol–water partition coefficient (Wildman–Crippen LogP) is 3.83. The van der Waals surface area contributed by atoms with Crippen molar-refractivity contribution in [3.8, 4) is 0 Å². The van der Waals surface area contributed by atoms with Crippen LogP contribution in [0, 0.1) is 0 Å². The topological polar surface area (TPSA) is 49.3 Å². The summed E-state index contributed by atoms with van der Waals surface area (Å²) in [4.78, 5) is 25.7. The van der Waals surface area contributed by atoms with E-state index < -0.39 is 0 Å². The minimum Gasteiger partial charge on any atom is -0.333 e. The summed E-state index contributed by atoms with van der Waals surface area (Å²) in [6, 6.07) is 18.3. The molecule has 2 aromatic carbocycles. The molecule has 0 N–H and O–H groups in total. The van der Waals surface area contributed by atoms with Gasteiger partial charge in [0.2, 0.25) is 0 Å². The average molecular weight is 358 g/mol. The molecule has 2 heterocycles. The summed E-state index contributed by atoms with van der Waals surface area (Å²) >= 11 is 0. The Hall–Kier alpha value is -3.21.